The highest BCUT2D eigenvalue weighted by atomic mass is 19.1. The van der Waals surface area contributed by atoms with Gasteiger partial charge < -0.3 is 24.3 Å². The predicted molar refractivity (Wildman–Crippen MR) is 141 cm³/mol. The number of para-hydroxylation sites is 1. The van der Waals surface area contributed by atoms with E-state index >= 15 is 0 Å². The quantitative estimate of drug-likeness (QED) is 0.237. The molecule has 0 saturated carbocycles. The van der Waals surface area contributed by atoms with E-state index in [1.807, 2.05) is 30.3 Å². The standard InChI is InChI=1S/C29H25FN4O5/c1-36-27-15-21(16-31-29(35)9-5-2-6-20-10-12-26-28(14-20)39-19-38-26)11-13-25(27)37-18-22-17-34(33-32-22)24-8-4-3-7-23(24)30/h2-15,17H,16,18-19H2,1H3,(H,31,35)/b6-2+,9-5+. The molecule has 1 aliphatic heterocycles. The molecule has 39 heavy (non-hydrogen) atoms. The molecule has 1 aliphatic rings. The minimum Gasteiger partial charge on any atom is -0.493 e. The number of ether oxygens (including phenoxy) is 4. The Bertz CT molecular complexity index is 1530. The van der Waals surface area contributed by atoms with E-state index in [-0.39, 0.29) is 19.3 Å². The number of allylic oxidation sites excluding steroid dienone is 2. The molecule has 0 radical (unpaired) electrons. The zero-order valence-electron chi connectivity index (χ0n) is 21.0. The minimum absolute atomic E-state index is 0.117. The van der Waals surface area contributed by atoms with E-state index in [1.165, 1.54) is 23.9 Å². The molecule has 0 aliphatic carbocycles. The van der Waals surface area contributed by atoms with Crippen molar-refractivity contribution in [2.75, 3.05) is 13.9 Å². The maximum Gasteiger partial charge on any atom is 0.244 e. The van der Waals surface area contributed by atoms with Crippen LogP contribution in [-0.2, 0) is 17.9 Å². The Hall–Kier alpha value is -5.12. The lowest BCUT2D eigenvalue weighted by molar-refractivity contribution is -0.116. The zero-order chi connectivity index (χ0) is 27.0. The Morgan fingerprint density at radius 1 is 1.08 bits per heavy atom. The van der Waals surface area contributed by atoms with Gasteiger partial charge in [0.15, 0.2) is 23.0 Å². The normalized spacial score (nSPS) is 12.3. The third-order valence-corrected chi connectivity index (χ3v) is 5.75. The second-order valence-corrected chi connectivity index (χ2v) is 8.43. The summed E-state index contributed by atoms with van der Waals surface area (Å²) in [6.45, 7) is 0.653. The second kappa shape index (κ2) is 12.0. The van der Waals surface area contributed by atoms with Gasteiger partial charge in [-0.1, -0.05) is 47.7 Å². The van der Waals surface area contributed by atoms with Crippen LogP contribution in [0.5, 0.6) is 23.0 Å². The van der Waals surface area contributed by atoms with Crippen molar-refractivity contribution in [3.63, 3.8) is 0 Å². The first kappa shape index (κ1) is 25.5. The van der Waals surface area contributed by atoms with Gasteiger partial charge in [-0.2, -0.15) is 0 Å². The summed E-state index contributed by atoms with van der Waals surface area (Å²) in [5.74, 6) is 1.81. The van der Waals surface area contributed by atoms with Crippen molar-refractivity contribution in [1.82, 2.24) is 20.3 Å². The largest absolute Gasteiger partial charge is 0.493 e. The van der Waals surface area contributed by atoms with Crippen molar-refractivity contribution in [3.05, 3.63) is 108 Å². The highest BCUT2D eigenvalue weighted by Crippen LogP contribution is 2.33. The van der Waals surface area contributed by atoms with Crippen LogP contribution in [-0.4, -0.2) is 34.8 Å². The number of amides is 1. The third-order valence-electron chi connectivity index (χ3n) is 5.75. The number of nitrogens with zero attached hydrogens (tertiary/aromatic N) is 3. The fourth-order valence-corrected chi connectivity index (χ4v) is 3.79. The van der Waals surface area contributed by atoms with Crippen LogP contribution in [0.15, 0.2) is 85.1 Å². The molecule has 9 nitrogen and oxygen atoms in total. The monoisotopic (exact) mass is 528 g/mol. The number of nitrogens with one attached hydrogen (secondary N) is 1. The average Bonchev–Trinajstić information content (AvgIpc) is 3.63. The fraction of sp³-hybridized carbons (Fsp3) is 0.138. The van der Waals surface area contributed by atoms with E-state index in [2.05, 4.69) is 15.6 Å². The molecule has 2 heterocycles. The first-order valence-corrected chi connectivity index (χ1v) is 12.1. The molecule has 0 bridgehead atoms. The number of carbonyl (C=O) groups excluding carboxylic acids is 1. The Balaban J connectivity index is 1.12. The van der Waals surface area contributed by atoms with Crippen LogP contribution < -0.4 is 24.3 Å². The molecular weight excluding hydrogens is 503 g/mol. The van der Waals surface area contributed by atoms with Crippen LogP contribution in [0.3, 0.4) is 0 Å². The SMILES string of the molecule is COc1cc(CNC(=O)/C=C/C=C/c2ccc3c(c2)OCO3)ccc1OCc1cn(-c2ccccc2F)nn1. The smallest absolute Gasteiger partial charge is 0.244 e. The molecule has 3 aromatic carbocycles. The maximum atomic E-state index is 14.0. The van der Waals surface area contributed by atoms with E-state index in [1.54, 1.807) is 48.7 Å². The van der Waals surface area contributed by atoms with Crippen LogP contribution in [0, 0.1) is 5.82 Å². The summed E-state index contributed by atoms with van der Waals surface area (Å²) in [5, 5.41) is 10.8. The van der Waals surface area contributed by atoms with Crippen LogP contribution in [0.2, 0.25) is 0 Å². The van der Waals surface area contributed by atoms with Gasteiger partial charge in [0.1, 0.15) is 23.8 Å². The zero-order valence-corrected chi connectivity index (χ0v) is 21.0. The van der Waals surface area contributed by atoms with Gasteiger partial charge in [-0.25, -0.2) is 9.07 Å². The Kier molecular flexibility index (Phi) is 7.82. The van der Waals surface area contributed by atoms with Gasteiger partial charge in [0.05, 0.1) is 13.3 Å². The number of hydrogen-bond donors (Lipinski definition) is 1. The minimum atomic E-state index is -0.396. The van der Waals surface area contributed by atoms with Crippen molar-refractivity contribution in [3.8, 4) is 28.7 Å². The number of benzene rings is 3. The Morgan fingerprint density at radius 2 is 1.95 bits per heavy atom. The molecule has 0 spiro atoms. The molecule has 1 aromatic heterocycles. The molecule has 4 aromatic rings. The molecule has 0 fully saturated rings. The van der Waals surface area contributed by atoms with Crippen LogP contribution in [0.25, 0.3) is 11.8 Å². The van der Waals surface area contributed by atoms with E-state index in [9.17, 15) is 9.18 Å². The molecule has 0 saturated heterocycles. The van der Waals surface area contributed by atoms with Crippen molar-refractivity contribution in [2.45, 2.75) is 13.2 Å². The summed E-state index contributed by atoms with van der Waals surface area (Å²) >= 11 is 0. The Morgan fingerprint density at radius 3 is 2.82 bits per heavy atom. The summed E-state index contributed by atoms with van der Waals surface area (Å²) in [7, 11) is 1.54. The van der Waals surface area contributed by atoms with Crippen molar-refractivity contribution >= 4 is 12.0 Å². The van der Waals surface area contributed by atoms with Gasteiger partial charge in [0, 0.05) is 12.6 Å². The van der Waals surface area contributed by atoms with Gasteiger partial charge in [-0.05, 0) is 47.5 Å². The second-order valence-electron chi connectivity index (χ2n) is 8.43. The lowest BCUT2D eigenvalue weighted by Crippen LogP contribution is -2.20. The highest BCUT2D eigenvalue weighted by Gasteiger charge is 2.12. The molecule has 0 unspecified atom stereocenters. The number of aromatic nitrogens is 3. The van der Waals surface area contributed by atoms with E-state index in [0.29, 0.717) is 35.2 Å². The van der Waals surface area contributed by atoms with Crippen molar-refractivity contribution in [1.29, 1.82) is 0 Å². The number of halogens is 1. The number of hydrogen-bond acceptors (Lipinski definition) is 7. The number of fused-ring (bicyclic) bond motifs is 1. The Labute approximate surface area is 224 Å². The highest BCUT2D eigenvalue weighted by molar-refractivity contribution is 5.87. The predicted octanol–water partition coefficient (Wildman–Crippen LogP) is 4.61. The van der Waals surface area contributed by atoms with Gasteiger partial charge in [0.25, 0.3) is 0 Å². The maximum absolute atomic E-state index is 14.0. The van der Waals surface area contributed by atoms with Gasteiger partial charge in [-0.3, -0.25) is 4.79 Å². The molecule has 198 valence electrons. The first-order chi connectivity index (χ1) is 19.1. The summed E-state index contributed by atoms with van der Waals surface area (Å²) in [5.41, 5.74) is 2.60. The number of carbonyl (C=O) groups is 1. The van der Waals surface area contributed by atoms with Crippen LogP contribution in [0.4, 0.5) is 4.39 Å². The molecule has 1 amide bonds. The lowest BCUT2D eigenvalue weighted by Gasteiger charge is -2.11. The number of methoxy groups -OCH3 is 1. The van der Waals surface area contributed by atoms with Crippen molar-refractivity contribution in [2.24, 2.45) is 0 Å². The molecule has 0 atom stereocenters. The van der Waals surface area contributed by atoms with Gasteiger partial charge in [-0.15, -0.1) is 5.10 Å². The average molecular weight is 529 g/mol. The lowest BCUT2D eigenvalue weighted by atomic mass is 10.2. The third kappa shape index (κ3) is 6.42. The summed E-state index contributed by atoms with van der Waals surface area (Å²) < 4.78 is 37.3. The molecule has 10 heteroatoms. The van der Waals surface area contributed by atoms with E-state index in [4.69, 9.17) is 18.9 Å². The summed E-state index contributed by atoms with van der Waals surface area (Å²) in [6.07, 6.45) is 8.37. The topological polar surface area (TPSA) is 96.7 Å². The van der Waals surface area contributed by atoms with Crippen molar-refractivity contribution < 1.29 is 28.1 Å². The summed E-state index contributed by atoms with van der Waals surface area (Å²) in [4.78, 5) is 12.2. The summed E-state index contributed by atoms with van der Waals surface area (Å²) in [6, 6.07) is 17.3. The van der Waals surface area contributed by atoms with E-state index in [0.717, 1.165) is 16.9 Å². The molecule has 5 rings (SSSR count). The van der Waals surface area contributed by atoms with Gasteiger partial charge in [0.2, 0.25) is 12.7 Å². The van der Waals surface area contributed by atoms with Crippen LogP contribution >= 0.6 is 0 Å². The van der Waals surface area contributed by atoms with Crippen LogP contribution in [0.1, 0.15) is 16.8 Å². The number of rotatable bonds is 10. The fourth-order valence-electron chi connectivity index (χ4n) is 3.79. The molecule has 1 N–H and O–H groups in total. The first-order valence-electron chi connectivity index (χ1n) is 12.1. The van der Waals surface area contributed by atoms with Gasteiger partial charge >= 0.3 is 0 Å². The van der Waals surface area contributed by atoms with E-state index < -0.39 is 5.82 Å². The molecular formula is C29H25FN4O5.